The lowest BCUT2D eigenvalue weighted by molar-refractivity contribution is -0.143. The number of esters is 2. The van der Waals surface area contributed by atoms with Crippen LogP contribution in [0.4, 0.5) is 0 Å². The third kappa shape index (κ3) is 2.38. The minimum atomic E-state index is -0.430. The summed E-state index contributed by atoms with van der Waals surface area (Å²) in [5.74, 6) is -0.742. The second-order valence-corrected chi connectivity index (χ2v) is 2.45. The zero-order chi connectivity index (χ0) is 8.97. The Hall–Kier alpha value is -1.32. The van der Waals surface area contributed by atoms with Crippen molar-refractivity contribution in [3.05, 3.63) is 12.2 Å². The lowest BCUT2D eigenvalue weighted by Gasteiger charge is -2.05. The van der Waals surface area contributed by atoms with E-state index < -0.39 is 12.1 Å². The number of hydrogen-bond donors (Lipinski definition) is 0. The number of carbonyl (C=O) groups excluding carboxylic acids is 2. The van der Waals surface area contributed by atoms with Crippen molar-refractivity contribution in [2.24, 2.45) is 0 Å². The third-order valence-corrected chi connectivity index (χ3v) is 1.41. The van der Waals surface area contributed by atoms with Crippen LogP contribution in [0.25, 0.3) is 0 Å². The smallest absolute Gasteiger partial charge is 0.330 e. The summed E-state index contributed by atoms with van der Waals surface area (Å²) in [4.78, 5) is 21.4. The quantitative estimate of drug-likeness (QED) is 0.445. The molecule has 0 bridgehead atoms. The van der Waals surface area contributed by atoms with Gasteiger partial charge in [-0.25, -0.2) is 4.79 Å². The number of cyclic esters (lactones) is 1. The Morgan fingerprint density at radius 1 is 1.75 bits per heavy atom. The van der Waals surface area contributed by atoms with E-state index in [0.717, 1.165) is 0 Å². The lowest BCUT2D eigenvalue weighted by Crippen LogP contribution is -2.16. The summed E-state index contributed by atoms with van der Waals surface area (Å²) in [7, 11) is 0. The summed E-state index contributed by atoms with van der Waals surface area (Å²) < 4.78 is 9.45. The van der Waals surface area contributed by atoms with Crippen LogP contribution >= 0.6 is 0 Å². The molecule has 0 N–H and O–H groups in total. The average molecular weight is 170 g/mol. The van der Waals surface area contributed by atoms with E-state index in [1.165, 1.54) is 6.08 Å². The van der Waals surface area contributed by atoms with Crippen molar-refractivity contribution in [3.8, 4) is 0 Å². The molecule has 0 unspecified atom stereocenters. The van der Waals surface area contributed by atoms with E-state index in [0.29, 0.717) is 0 Å². The van der Waals surface area contributed by atoms with Gasteiger partial charge in [0.05, 0.1) is 6.42 Å². The van der Waals surface area contributed by atoms with Crippen molar-refractivity contribution < 1.29 is 19.1 Å². The van der Waals surface area contributed by atoms with Crippen LogP contribution in [0, 0.1) is 0 Å². The molecular weight excluding hydrogens is 160 g/mol. The first-order valence-corrected chi connectivity index (χ1v) is 3.71. The van der Waals surface area contributed by atoms with E-state index in [1.807, 2.05) is 0 Å². The molecule has 0 aromatic heterocycles. The van der Waals surface area contributed by atoms with E-state index in [2.05, 4.69) is 4.74 Å². The molecule has 1 rings (SSSR count). The van der Waals surface area contributed by atoms with Gasteiger partial charge in [0.1, 0.15) is 12.7 Å². The van der Waals surface area contributed by atoms with Crippen LogP contribution in [0.15, 0.2) is 12.2 Å². The number of rotatable bonds is 2. The van der Waals surface area contributed by atoms with Gasteiger partial charge in [0.25, 0.3) is 0 Å². The molecule has 1 atom stereocenters. The summed E-state index contributed by atoms with van der Waals surface area (Å²) in [5, 5.41) is 0. The monoisotopic (exact) mass is 170 g/mol. The van der Waals surface area contributed by atoms with E-state index in [-0.39, 0.29) is 19.0 Å². The second kappa shape index (κ2) is 3.90. The third-order valence-electron chi connectivity index (χ3n) is 1.41. The Labute approximate surface area is 70.1 Å². The van der Waals surface area contributed by atoms with E-state index in [1.54, 1.807) is 13.0 Å². The first kappa shape index (κ1) is 8.77. The van der Waals surface area contributed by atoms with Gasteiger partial charge in [-0.2, -0.15) is 0 Å². The molecule has 1 fully saturated rings. The van der Waals surface area contributed by atoms with Crippen LogP contribution < -0.4 is 0 Å². The van der Waals surface area contributed by atoms with Crippen LogP contribution in [0.2, 0.25) is 0 Å². The van der Waals surface area contributed by atoms with Gasteiger partial charge in [-0.1, -0.05) is 6.08 Å². The highest BCUT2D eigenvalue weighted by Crippen LogP contribution is 2.09. The van der Waals surface area contributed by atoms with E-state index in [4.69, 9.17) is 4.74 Å². The van der Waals surface area contributed by atoms with Crippen molar-refractivity contribution in [2.45, 2.75) is 19.4 Å². The molecule has 12 heavy (non-hydrogen) atoms. The molecule has 1 aliphatic rings. The van der Waals surface area contributed by atoms with Crippen molar-refractivity contribution in [1.29, 1.82) is 0 Å². The average Bonchev–Trinajstić information content (AvgIpc) is 2.36. The first-order chi connectivity index (χ1) is 5.72. The molecule has 66 valence electrons. The van der Waals surface area contributed by atoms with E-state index in [9.17, 15) is 9.59 Å². The summed E-state index contributed by atoms with van der Waals surface area (Å²) in [6, 6.07) is 0. The Kier molecular flexibility index (Phi) is 2.85. The molecule has 0 aromatic rings. The number of hydrogen-bond acceptors (Lipinski definition) is 4. The summed E-state index contributed by atoms with van der Waals surface area (Å²) in [6.45, 7) is 1.90. The normalized spacial score (nSPS) is 22.8. The van der Waals surface area contributed by atoms with Crippen LogP contribution in [0.3, 0.4) is 0 Å². The molecule has 1 saturated heterocycles. The maximum atomic E-state index is 10.8. The highest BCUT2D eigenvalue weighted by molar-refractivity contribution is 5.82. The molecule has 0 radical (unpaired) electrons. The number of carbonyl (C=O) groups is 2. The van der Waals surface area contributed by atoms with Crippen molar-refractivity contribution in [3.63, 3.8) is 0 Å². The minimum Gasteiger partial charge on any atom is -0.462 e. The molecule has 1 aliphatic heterocycles. The Bertz CT molecular complexity index is 219. The molecule has 0 amide bonds. The van der Waals surface area contributed by atoms with Gasteiger partial charge in [0.2, 0.25) is 0 Å². The predicted octanol–water partition coefficient (Wildman–Crippen LogP) is 0.421. The Balaban J connectivity index is 2.32. The summed E-state index contributed by atoms with van der Waals surface area (Å²) in [5.41, 5.74) is 0. The zero-order valence-corrected chi connectivity index (χ0v) is 6.78. The fourth-order valence-electron chi connectivity index (χ4n) is 0.905. The van der Waals surface area contributed by atoms with Gasteiger partial charge in [-0.05, 0) is 6.92 Å². The number of allylic oxidation sites excluding steroid dienone is 1. The maximum Gasteiger partial charge on any atom is 0.330 e. The van der Waals surface area contributed by atoms with Gasteiger partial charge < -0.3 is 9.47 Å². The molecule has 1 heterocycles. The van der Waals surface area contributed by atoms with Crippen LogP contribution in [0.1, 0.15) is 13.3 Å². The fraction of sp³-hybridized carbons (Fsp3) is 0.500. The van der Waals surface area contributed by atoms with Crippen LogP contribution in [-0.4, -0.2) is 24.6 Å². The summed E-state index contributed by atoms with van der Waals surface area (Å²) in [6.07, 6.45) is 2.66. The molecule has 0 saturated carbocycles. The predicted molar refractivity (Wildman–Crippen MR) is 40.3 cm³/mol. The highest BCUT2D eigenvalue weighted by Gasteiger charge is 2.26. The zero-order valence-electron chi connectivity index (χ0n) is 6.78. The number of ether oxygens (including phenoxy) is 2. The minimum absolute atomic E-state index is 0.170. The topological polar surface area (TPSA) is 52.6 Å². The van der Waals surface area contributed by atoms with Gasteiger partial charge in [-0.15, -0.1) is 0 Å². The first-order valence-electron chi connectivity index (χ1n) is 3.71. The van der Waals surface area contributed by atoms with Crippen LogP contribution in [0.5, 0.6) is 0 Å². The van der Waals surface area contributed by atoms with Gasteiger partial charge >= 0.3 is 11.9 Å². The second-order valence-electron chi connectivity index (χ2n) is 2.45. The van der Waals surface area contributed by atoms with Gasteiger partial charge in [-0.3, -0.25) is 4.79 Å². The van der Waals surface area contributed by atoms with E-state index >= 15 is 0 Å². The molecule has 0 aliphatic carbocycles. The van der Waals surface area contributed by atoms with Crippen molar-refractivity contribution in [1.82, 2.24) is 0 Å². The van der Waals surface area contributed by atoms with Crippen molar-refractivity contribution in [2.75, 3.05) is 6.61 Å². The Morgan fingerprint density at radius 3 is 3.00 bits per heavy atom. The SMILES string of the molecule is C/C=C/C(=O)O[C@@H]1COC(=O)C1. The van der Waals surface area contributed by atoms with Crippen molar-refractivity contribution >= 4 is 11.9 Å². The molecular formula is C8H10O4. The highest BCUT2D eigenvalue weighted by atomic mass is 16.6. The Morgan fingerprint density at radius 2 is 2.50 bits per heavy atom. The van der Waals surface area contributed by atoms with Gasteiger partial charge in [0, 0.05) is 6.08 Å². The molecule has 0 aromatic carbocycles. The lowest BCUT2D eigenvalue weighted by atomic mass is 10.3. The molecule has 4 nitrogen and oxygen atoms in total. The van der Waals surface area contributed by atoms with Crippen LogP contribution in [-0.2, 0) is 19.1 Å². The largest absolute Gasteiger partial charge is 0.462 e. The fourth-order valence-corrected chi connectivity index (χ4v) is 0.905. The molecule has 4 heteroatoms. The van der Waals surface area contributed by atoms with Gasteiger partial charge in [0.15, 0.2) is 0 Å². The maximum absolute atomic E-state index is 10.8. The summed E-state index contributed by atoms with van der Waals surface area (Å²) >= 11 is 0. The molecule has 0 spiro atoms. The standard InChI is InChI=1S/C8H10O4/c1-2-3-7(9)12-6-4-8(10)11-5-6/h2-3,6H,4-5H2,1H3/b3-2+/t6-/m0/s1.